The van der Waals surface area contributed by atoms with Gasteiger partial charge in [-0.25, -0.2) is 4.79 Å². The largest absolute Gasteiger partial charge is 0.352 e. The molecule has 30 heavy (non-hydrogen) atoms. The van der Waals surface area contributed by atoms with Crippen LogP contribution in [0.3, 0.4) is 0 Å². The molecule has 1 aromatic carbocycles. The highest BCUT2D eigenvalue weighted by Gasteiger charge is 2.18. The number of halogens is 1. The molecule has 0 spiro atoms. The van der Waals surface area contributed by atoms with Gasteiger partial charge in [-0.2, -0.15) is 4.98 Å². The van der Waals surface area contributed by atoms with E-state index >= 15 is 0 Å². The zero-order chi connectivity index (χ0) is 21.1. The summed E-state index contributed by atoms with van der Waals surface area (Å²) >= 11 is 5.85. The molecule has 0 radical (unpaired) electrons. The number of fused-ring (bicyclic) bond motifs is 1. The van der Waals surface area contributed by atoms with Crippen LogP contribution in [0.4, 0.5) is 5.69 Å². The summed E-state index contributed by atoms with van der Waals surface area (Å²) in [5, 5.41) is 3.30. The fraction of sp³-hybridized carbons (Fsp3) is 0.0952. The molecule has 0 saturated heterocycles. The van der Waals surface area contributed by atoms with Gasteiger partial charge in [-0.3, -0.25) is 19.1 Å². The number of nitrogens with zero attached hydrogens (tertiary/aromatic N) is 4. The van der Waals surface area contributed by atoms with E-state index in [2.05, 4.69) is 15.3 Å². The number of amides is 1. The van der Waals surface area contributed by atoms with E-state index in [4.69, 9.17) is 11.6 Å². The van der Waals surface area contributed by atoms with Gasteiger partial charge in [0, 0.05) is 23.1 Å². The molecule has 150 valence electrons. The highest BCUT2D eigenvalue weighted by atomic mass is 35.5. The fourth-order valence-corrected chi connectivity index (χ4v) is 3.15. The van der Waals surface area contributed by atoms with Crippen molar-refractivity contribution in [1.82, 2.24) is 19.1 Å². The molecule has 0 unspecified atom stereocenters. The molecule has 1 N–H and O–H groups in total. The molecule has 8 nitrogen and oxygen atoms in total. The number of aromatic nitrogens is 4. The molecular weight excluding hydrogens is 406 g/mol. The van der Waals surface area contributed by atoms with Crippen LogP contribution >= 0.6 is 11.6 Å². The molecule has 9 heteroatoms. The van der Waals surface area contributed by atoms with Crippen molar-refractivity contribution in [3.8, 4) is 11.4 Å². The summed E-state index contributed by atoms with van der Waals surface area (Å²) in [4.78, 5) is 46.0. The summed E-state index contributed by atoms with van der Waals surface area (Å²) in [7, 11) is 0. The second-order valence-electron chi connectivity index (χ2n) is 6.54. The maximum atomic E-state index is 12.9. The molecule has 2 aliphatic heterocycles. The lowest BCUT2D eigenvalue weighted by atomic mass is 10.2. The van der Waals surface area contributed by atoms with E-state index < -0.39 is 11.2 Å². The molecule has 0 saturated carbocycles. The number of anilines is 1. The van der Waals surface area contributed by atoms with E-state index in [1.165, 1.54) is 4.57 Å². The van der Waals surface area contributed by atoms with Crippen LogP contribution in [0.25, 0.3) is 11.4 Å². The molecular formula is C21H16ClN5O3. The minimum absolute atomic E-state index is 0.0212. The minimum Gasteiger partial charge on any atom is -0.325 e. The van der Waals surface area contributed by atoms with Crippen LogP contribution in [-0.2, 0) is 17.9 Å². The van der Waals surface area contributed by atoms with Crippen molar-refractivity contribution >= 4 is 23.2 Å². The van der Waals surface area contributed by atoms with Crippen LogP contribution in [0.2, 0.25) is 5.02 Å². The van der Waals surface area contributed by atoms with Crippen molar-refractivity contribution in [1.29, 1.82) is 0 Å². The molecule has 0 aliphatic carbocycles. The Morgan fingerprint density at radius 2 is 1.83 bits per heavy atom. The van der Waals surface area contributed by atoms with E-state index in [0.717, 1.165) is 4.57 Å². The maximum Gasteiger partial charge on any atom is 0.352 e. The van der Waals surface area contributed by atoms with Crippen LogP contribution < -0.4 is 16.6 Å². The summed E-state index contributed by atoms with van der Waals surface area (Å²) in [6.45, 7) is -0.0938. The third kappa shape index (κ3) is 4.13. The maximum absolute atomic E-state index is 12.9. The number of rotatable bonds is 5. The lowest BCUT2D eigenvalue weighted by molar-refractivity contribution is -0.116. The zero-order valence-electron chi connectivity index (χ0n) is 15.7. The van der Waals surface area contributed by atoms with Gasteiger partial charge >= 0.3 is 5.69 Å². The summed E-state index contributed by atoms with van der Waals surface area (Å²) < 4.78 is 2.50. The number of pyridine rings is 2. The first-order valence-corrected chi connectivity index (χ1v) is 9.44. The Hall–Kier alpha value is -3.78. The number of hydrogen-bond donors (Lipinski definition) is 1. The number of carbonyl (C=O) groups excluding carboxylic acids is 1. The molecule has 2 aliphatic rings. The summed E-state index contributed by atoms with van der Waals surface area (Å²) in [5.41, 5.74) is 0.219. The lowest BCUT2D eigenvalue weighted by Gasteiger charge is -2.15. The normalized spacial score (nSPS) is 10.8. The molecule has 1 amide bonds. The number of carbonyl (C=O) groups is 1. The van der Waals surface area contributed by atoms with Crippen molar-refractivity contribution in [2.75, 3.05) is 5.32 Å². The highest BCUT2D eigenvalue weighted by molar-refractivity contribution is 6.30. The molecule has 0 atom stereocenters. The third-order valence-corrected chi connectivity index (χ3v) is 4.69. The van der Waals surface area contributed by atoms with Crippen molar-refractivity contribution in [3.63, 3.8) is 0 Å². The predicted molar refractivity (Wildman–Crippen MR) is 113 cm³/mol. The summed E-state index contributed by atoms with van der Waals surface area (Å²) in [6, 6.07) is 15.2. The van der Waals surface area contributed by atoms with Crippen molar-refractivity contribution < 1.29 is 4.79 Å². The van der Waals surface area contributed by atoms with Crippen LogP contribution in [0, 0.1) is 0 Å². The van der Waals surface area contributed by atoms with Gasteiger partial charge in [-0.1, -0.05) is 17.7 Å². The van der Waals surface area contributed by atoms with Crippen LogP contribution in [0.15, 0.2) is 76.6 Å². The Morgan fingerprint density at radius 1 is 1.03 bits per heavy atom. The van der Waals surface area contributed by atoms with E-state index in [0.29, 0.717) is 16.4 Å². The Kier molecular flexibility index (Phi) is 5.40. The molecule has 0 bridgehead atoms. The lowest BCUT2D eigenvalue weighted by Crippen LogP contribution is -2.38. The van der Waals surface area contributed by atoms with Crippen molar-refractivity contribution in [2.45, 2.75) is 13.1 Å². The first kappa shape index (κ1) is 19.5. The molecule has 2 aromatic rings. The van der Waals surface area contributed by atoms with E-state index in [-0.39, 0.29) is 30.4 Å². The second kappa shape index (κ2) is 8.30. The van der Waals surface area contributed by atoms with Gasteiger partial charge in [0.1, 0.15) is 6.54 Å². The average molecular weight is 422 g/mol. The van der Waals surface area contributed by atoms with Crippen molar-refractivity contribution in [3.05, 3.63) is 98.5 Å². The van der Waals surface area contributed by atoms with Crippen molar-refractivity contribution in [2.24, 2.45) is 0 Å². The minimum atomic E-state index is -0.698. The monoisotopic (exact) mass is 421 g/mol. The van der Waals surface area contributed by atoms with Gasteiger partial charge in [0.05, 0.1) is 17.8 Å². The number of nitrogens with one attached hydrogen (secondary N) is 1. The number of hydrogen-bond acceptors (Lipinski definition) is 5. The van der Waals surface area contributed by atoms with Gasteiger partial charge in [0.15, 0.2) is 5.82 Å². The Bertz CT molecular complexity index is 1280. The molecule has 4 rings (SSSR count). The Labute approximate surface area is 175 Å². The van der Waals surface area contributed by atoms with E-state index in [1.54, 1.807) is 67.0 Å². The van der Waals surface area contributed by atoms with Gasteiger partial charge < -0.3 is 9.88 Å². The molecule has 0 fully saturated rings. The summed E-state index contributed by atoms with van der Waals surface area (Å²) in [5.74, 6) is -0.183. The first-order valence-electron chi connectivity index (χ1n) is 9.06. The fourth-order valence-electron chi connectivity index (χ4n) is 3.03. The molecule has 3 heterocycles. The van der Waals surface area contributed by atoms with Gasteiger partial charge in [0.25, 0.3) is 5.56 Å². The highest BCUT2D eigenvalue weighted by Crippen LogP contribution is 2.15. The quantitative estimate of drug-likeness (QED) is 0.533. The SMILES string of the molecule is O=C(Cn1cccc2c(=O)n(Cc3ccccn3)c(=O)nc1-2)Nc1ccc(Cl)cc1. The standard InChI is InChI=1S/C21H16ClN5O3/c22-14-6-8-15(9-7-14)24-18(28)13-26-11-3-5-17-19(26)25-21(30)27(20(17)29)12-16-4-1-2-10-23-16/h1-11H,12-13H2,(H,24,28). The zero-order valence-corrected chi connectivity index (χ0v) is 16.4. The number of benzene rings is 1. The van der Waals surface area contributed by atoms with E-state index in [9.17, 15) is 14.4 Å². The van der Waals surface area contributed by atoms with Gasteiger partial charge in [-0.05, 0) is 48.5 Å². The van der Waals surface area contributed by atoms with Crippen LogP contribution in [0.5, 0.6) is 0 Å². The smallest absolute Gasteiger partial charge is 0.325 e. The van der Waals surface area contributed by atoms with Crippen LogP contribution in [-0.4, -0.2) is 25.0 Å². The van der Waals surface area contributed by atoms with Gasteiger partial charge in [-0.15, -0.1) is 0 Å². The second-order valence-corrected chi connectivity index (χ2v) is 6.97. The summed E-state index contributed by atoms with van der Waals surface area (Å²) in [6.07, 6.45) is 3.19. The molecule has 1 aromatic heterocycles. The first-order chi connectivity index (χ1) is 14.5. The predicted octanol–water partition coefficient (Wildman–Crippen LogP) is 2.25. The Balaban J connectivity index is 1.63. The van der Waals surface area contributed by atoms with E-state index in [1.807, 2.05) is 0 Å². The average Bonchev–Trinajstić information content (AvgIpc) is 2.74. The van der Waals surface area contributed by atoms with Gasteiger partial charge in [0.2, 0.25) is 5.91 Å². The topological polar surface area (TPSA) is 98.9 Å². The van der Waals surface area contributed by atoms with Crippen LogP contribution in [0.1, 0.15) is 5.69 Å². The Morgan fingerprint density at radius 3 is 2.57 bits per heavy atom. The third-order valence-electron chi connectivity index (χ3n) is 4.44.